The second kappa shape index (κ2) is 5.57. The molecule has 0 unspecified atom stereocenters. The van der Waals surface area contributed by atoms with Crippen molar-refractivity contribution in [3.05, 3.63) is 28.7 Å². The molecule has 0 atom stereocenters. The highest BCUT2D eigenvalue weighted by molar-refractivity contribution is 5.78. The predicted molar refractivity (Wildman–Crippen MR) is 71.6 cm³/mol. The quantitative estimate of drug-likeness (QED) is 0.672. The van der Waals surface area contributed by atoms with E-state index in [1.165, 1.54) is 25.7 Å². The molecule has 17 heavy (non-hydrogen) atoms. The van der Waals surface area contributed by atoms with E-state index in [1.807, 2.05) is 18.2 Å². The molecule has 0 fully saturated rings. The fraction of sp³-hybridized carbons (Fsp3) is 0.462. The SMILES string of the molecule is CCCCCCNc1ccc2[nH]c(=O)[nH]c2c1. The Morgan fingerprint density at radius 3 is 2.76 bits per heavy atom. The summed E-state index contributed by atoms with van der Waals surface area (Å²) in [6, 6.07) is 5.88. The molecular weight excluding hydrogens is 214 g/mol. The van der Waals surface area contributed by atoms with Crippen molar-refractivity contribution in [3.8, 4) is 0 Å². The summed E-state index contributed by atoms with van der Waals surface area (Å²) in [5.74, 6) is 0. The number of benzene rings is 1. The summed E-state index contributed by atoms with van der Waals surface area (Å²) in [4.78, 5) is 16.6. The Morgan fingerprint density at radius 1 is 1.12 bits per heavy atom. The maximum atomic E-state index is 11.1. The molecule has 1 aromatic carbocycles. The van der Waals surface area contributed by atoms with Gasteiger partial charge in [0.05, 0.1) is 11.0 Å². The topological polar surface area (TPSA) is 60.7 Å². The van der Waals surface area contributed by atoms with Gasteiger partial charge in [0.25, 0.3) is 0 Å². The zero-order valence-corrected chi connectivity index (χ0v) is 10.2. The summed E-state index contributed by atoms with van der Waals surface area (Å²) in [6.07, 6.45) is 5.02. The Kier molecular flexibility index (Phi) is 3.85. The van der Waals surface area contributed by atoms with Gasteiger partial charge < -0.3 is 15.3 Å². The van der Waals surface area contributed by atoms with Crippen molar-refractivity contribution in [2.45, 2.75) is 32.6 Å². The van der Waals surface area contributed by atoms with Crippen LogP contribution in [-0.4, -0.2) is 16.5 Å². The first-order valence-corrected chi connectivity index (χ1v) is 6.25. The molecule has 0 aliphatic heterocycles. The molecule has 1 aromatic heterocycles. The fourth-order valence-corrected chi connectivity index (χ4v) is 1.93. The van der Waals surface area contributed by atoms with Crippen molar-refractivity contribution in [2.75, 3.05) is 11.9 Å². The minimum Gasteiger partial charge on any atom is -0.385 e. The molecule has 0 aliphatic rings. The fourth-order valence-electron chi connectivity index (χ4n) is 1.93. The number of H-pyrrole nitrogens is 2. The van der Waals surface area contributed by atoms with Crippen molar-refractivity contribution in [1.82, 2.24) is 9.97 Å². The van der Waals surface area contributed by atoms with Crippen molar-refractivity contribution in [2.24, 2.45) is 0 Å². The third kappa shape index (κ3) is 3.12. The number of aromatic nitrogens is 2. The molecule has 4 nitrogen and oxygen atoms in total. The molecule has 0 spiro atoms. The van der Waals surface area contributed by atoms with E-state index in [1.54, 1.807) is 0 Å². The molecular formula is C13H19N3O. The predicted octanol–water partition coefficient (Wildman–Crippen LogP) is 2.85. The molecule has 0 bridgehead atoms. The average Bonchev–Trinajstić information content (AvgIpc) is 2.68. The number of aromatic amines is 2. The highest BCUT2D eigenvalue weighted by Crippen LogP contribution is 2.14. The molecule has 0 saturated carbocycles. The molecule has 0 saturated heterocycles. The van der Waals surface area contributed by atoms with Gasteiger partial charge in [-0.2, -0.15) is 0 Å². The maximum absolute atomic E-state index is 11.1. The second-order valence-corrected chi connectivity index (χ2v) is 4.33. The van der Waals surface area contributed by atoms with Crippen molar-refractivity contribution < 1.29 is 0 Å². The van der Waals surface area contributed by atoms with Crippen LogP contribution in [0.3, 0.4) is 0 Å². The van der Waals surface area contributed by atoms with Crippen LogP contribution < -0.4 is 11.0 Å². The lowest BCUT2D eigenvalue weighted by atomic mass is 10.2. The first kappa shape index (κ1) is 11.8. The number of unbranched alkanes of at least 4 members (excludes halogenated alkanes) is 3. The minimum atomic E-state index is -0.153. The summed E-state index contributed by atoms with van der Waals surface area (Å²) in [7, 11) is 0. The van der Waals surface area contributed by atoms with Crippen LogP contribution in [0.5, 0.6) is 0 Å². The van der Waals surface area contributed by atoms with Crippen LogP contribution in [0.4, 0.5) is 5.69 Å². The van der Waals surface area contributed by atoms with Gasteiger partial charge in [-0.05, 0) is 24.6 Å². The number of hydrogen-bond acceptors (Lipinski definition) is 2. The highest BCUT2D eigenvalue weighted by atomic mass is 16.1. The van der Waals surface area contributed by atoms with Gasteiger partial charge in [0.15, 0.2) is 0 Å². The number of hydrogen-bond donors (Lipinski definition) is 3. The van der Waals surface area contributed by atoms with Crippen LogP contribution >= 0.6 is 0 Å². The summed E-state index contributed by atoms with van der Waals surface area (Å²) >= 11 is 0. The van der Waals surface area contributed by atoms with Gasteiger partial charge in [-0.3, -0.25) is 0 Å². The molecule has 1 heterocycles. The van der Waals surface area contributed by atoms with Gasteiger partial charge in [-0.1, -0.05) is 26.2 Å². The average molecular weight is 233 g/mol. The Morgan fingerprint density at radius 2 is 1.94 bits per heavy atom. The molecule has 2 rings (SSSR count). The van der Waals surface area contributed by atoms with Gasteiger partial charge >= 0.3 is 5.69 Å². The molecule has 92 valence electrons. The number of fused-ring (bicyclic) bond motifs is 1. The van der Waals surface area contributed by atoms with E-state index in [9.17, 15) is 4.79 Å². The van der Waals surface area contributed by atoms with E-state index in [0.29, 0.717) is 0 Å². The lowest BCUT2D eigenvalue weighted by Crippen LogP contribution is -2.01. The van der Waals surface area contributed by atoms with Gasteiger partial charge in [0.1, 0.15) is 0 Å². The molecule has 0 radical (unpaired) electrons. The monoisotopic (exact) mass is 233 g/mol. The Hall–Kier alpha value is -1.71. The number of nitrogens with one attached hydrogen (secondary N) is 3. The van der Waals surface area contributed by atoms with Crippen molar-refractivity contribution in [3.63, 3.8) is 0 Å². The smallest absolute Gasteiger partial charge is 0.323 e. The van der Waals surface area contributed by atoms with Crippen LogP contribution in [0.2, 0.25) is 0 Å². The second-order valence-electron chi connectivity index (χ2n) is 4.33. The Bertz CT molecular complexity index is 527. The number of rotatable bonds is 6. The summed E-state index contributed by atoms with van der Waals surface area (Å²) in [6.45, 7) is 3.20. The van der Waals surface area contributed by atoms with E-state index in [0.717, 1.165) is 23.3 Å². The van der Waals surface area contributed by atoms with E-state index in [-0.39, 0.29) is 5.69 Å². The molecule has 0 aliphatic carbocycles. The first-order valence-electron chi connectivity index (χ1n) is 6.25. The van der Waals surface area contributed by atoms with E-state index in [4.69, 9.17) is 0 Å². The summed E-state index contributed by atoms with van der Waals surface area (Å²) in [5, 5.41) is 3.37. The maximum Gasteiger partial charge on any atom is 0.323 e. The number of anilines is 1. The molecule has 0 amide bonds. The van der Waals surface area contributed by atoms with Crippen molar-refractivity contribution >= 4 is 16.7 Å². The van der Waals surface area contributed by atoms with Gasteiger partial charge in [0, 0.05) is 12.2 Å². The third-order valence-electron chi connectivity index (χ3n) is 2.88. The van der Waals surface area contributed by atoms with Crippen LogP contribution in [0.1, 0.15) is 32.6 Å². The van der Waals surface area contributed by atoms with E-state index >= 15 is 0 Å². The first-order chi connectivity index (χ1) is 8.29. The van der Waals surface area contributed by atoms with Crippen LogP contribution in [0.25, 0.3) is 11.0 Å². The van der Waals surface area contributed by atoms with Gasteiger partial charge in [-0.25, -0.2) is 4.79 Å². The standard InChI is InChI=1S/C13H19N3O/c1-2-3-4-5-8-14-10-6-7-11-12(9-10)16-13(17)15-11/h6-7,9,14H,2-5,8H2,1H3,(H2,15,16,17). The van der Waals surface area contributed by atoms with Crippen LogP contribution in [0, 0.1) is 0 Å². The van der Waals surface area contributed by atoms with Gasteiger partial charge in [0.2, 0.25) is 0 Å². The molecule has 4 heteroatoms. The van der Waals surface area contributed by atoms with Crippen LogP contribution in [0.15, 0.2) is 23.0 Å². The zero-order valence-electron chi connectivity index (χ0n) is 10.2. The van der Waals surface area contributed by atoms with Crippen LogP contribution in [-0.2, 0) is 0 Å². The lowest BCUT2D eigenvalue weighted by molar-refractivity contribution is 0.685. The number of imidazole rings is 1. The normalized spacial score (nSPS) is 10.9. The zero-order chi connectivity index (χ0) is 12.1. The van der Waals surface area contributed by atoms with Crippen molar-refractivity contribution in [1.29, 1.82) is 0 Å². The van der Waals surface area contributed by atoms with E-state index < -0.39 is 0 Å². The minimum absolute atomic E-state index is 0.153. The van der Waals surface area contributed by atoms with Gasteiger partial charge in [-0.15, -0.1) is 0 Å². The lowest BCUT2D eigenvalue weighted by Gasteiger charge is -2.05. The summed E-state index contributed by atoms with van der Waals surface area (Å²) in [5.41, 5.74) is 2.62. The Labute approximate surface area is 100 Å². The highest BCUT2D eigenvalue weighted by Gasteiger charge is 1.99. The van der Waals surface area contributed by atoms with E-state index in [2.05, 4.69) is 22.2 Å². The third-order valence-corrected chi connectivity index (χ3v) is 2.88. The molecule has 2 aromatic rings. The Balaban J connectivity index is 1.92. The largest absolute Gasteiger partial charge is 0.385 e. The summed E-state index contributed by atoms with van der Waals surface area (Å²) < 4.78 is 0. The molecule has 3 N–H and O–H groups in total.